The molecule has 1 aliphatic carbocycles. The van der Waals surface area contributed by atoms with E-state index >= 15 is 0 Å². The highest BCUT2D eigenvalue weighted by atomic mass is 19.4. The van der Waals surface area contributed by atoms with E-state index in [1.807, 2.05) is 20.8 Å². The van der Waals surface area contributed by atoms with E-state index in [-0.39, 0.29) is 35.5 Å². The maximum atomic E-state index is 13.3. The Morgan fingerprint density at radius 3 is 2.22 bits per heavy atom. The summed E-state index contributed by atoms with van der Waals surface area (Å²) in [5, 5.41) is 6.22. The molecule has 10 heteroatoms. The number of carbonyl (C=O) groups is 1. The number of ether oxygens (including phenoxy) is 1. The standard InChI is InChI=1S/C26H38F6N2O2/c1-5-36-10-6-7-18(4)34-22-8-9-24(15-22,14-17(2)3)23(35)33-16-19-11-20(25(27,28)29)13-21(12-19)26(30,31)32/h11-13,17-18,22,34H,5-10,14-16H2,1-4H3,(H,33,35). The van der Waals surface area contributed by atoms with Gasteiger partial charge in [-0.2, -0.15) is 26.3 Å². The molecule has 1 aromatic carbocycles. The largest absolute Gasteiger partial charge is 0.416 e. The molecule has 2 rings (SSSR count). The van der Waals surface area contributed by atoms with Crippen molar-refractivity contribution in [1.82, 2.24) is 10.6 Å². The summed E-state index contributed by atoms with van der Waals surface area (Å²) >= 11 is 0. The Morgan fingerprint density at radius 1 is 1.08 bits per heavy atom. The van der Waals surface area contributed by atoms with E-state index in [4.69, 9.17) is 4.74 Å². The first-order chi connectivity index (χ1) is 16.7. The van der Waals surface area contributed by atoms with E-state index in [0.717, 1.165) is 19.3 Å². The van der Waals surface area contributed by atoms with Crippen molar-refractivity contribution in [2.75, 3.05) is 13.2 Å². The predicted molar refractivity (Wildman–Crippen MR) is 126 cm³/mol. The Labute approximate surface area is 209 Å². The monoisotopic (exact) mass is 524 g/mol. The highest BCUT2D eigenvalue weighted by Crippen LogP contribution is 2.44. The van der Waals surface area contributed by atoms with E-state index in [1.54, 1.807) is 0 Å². The molecule has 1 fully saturated rings. The summed E-state index contributed by atoms with van der Waals surface area (Å²) in [7, 11) is 0. The van der Waals surface area contributed by atoms with Crippen LogP contribution in [0, 0.1) is 11.3 Å². The molecule has 1 aromatic rings. The molecule has 0 saturated heterocycles. The molecule has 0 aromatic heterocycles. The van der Waals surface area contributed by atoms with Crippen molar-refractivity contribution in [3.05, 3.63) is 34.9 Å². The molecular formula is C26H38F6N2O2. The number of benzene rings is 1. The SMILES string of the molecule is CCOCCCC(C)NC1CCC(CC(C)C)(C(=O)NCc2cc(C(F)(F)F)cc(C(F)(F)F)c2)C1. The second-order valence-corrected chi connectivity index (χ2v) is 10.3. The van der Waals surface area contributed by atoms with Crippen LogP contribution in [0.5, 0.6) is 0 Å². The number of carbonyl (C=O) groups excluding carboxylic acids is 1. The fourth-order valence-corrected chi connectivity index (χ4v) is 5.15. The summed E-state index contributed by atoms with van der Waals surface area (Å²) in [4.78, 5) is 13.3. The summed E-state index contributed by atoms with van der Waals surface area (Å²) in [5.74, 6) is -0.126. The molecule has 1 aliphatic rings. The summed E-state index contributed by atoms with van der Waals surface area (Å²) < 4.78 is 84.4. The first kappa shape index (κ1) is 30.4. The average Bonchev–Trinajstić information content (AvgIpc) is 3.16. The van der Waals surface area contributed by atoms with Crippen LogP contribution in [0.2, 0.25) is 0 Å². The van der Waals surface area contributed by atoms with E-state index < -0.39 is 35.4 Å². The lowest BCUT2D eigenvalue weighted by molar-refractivity contribution is -0.143. The van der Waals surface area contributed by atoms with Gasteiger partial charge in [0.1, 0.15) is 0 Å². The zero-order valence-corrected chi connectivity index (χ0v) is 21.4. The number of hydrogen-bond acceptors (Lipinski definition) is 3. The first-order valence-corrected chi connectivity index (χ1v) is 12.6. The van der Waals surface area contributed by atoms with Crippen molar-refractivity contribution in [3.63, 3.8) is 0 Å². The lowest BCUT2D eigenvalue weighted by Gasteiger charge is -2.31. The van der Waals surface area contributed by atoms with Crippen LogP contribution in [0.1, 0.15) is 82.9 Å². The third kappa shape index (κ3) is 8.94. The zero-order valence-electron chi connectivity index (χ0n) is 21.4. The molecule has 0 heterocycles. The molecule has 1 saturated carbocycles. The summed E-state index contributed by atoms with van der Waals surface area (Å²) in [6, 6.07) is 1.76. The Bertz CT molecular complexity index is 824. The van der Waals surface area contributed by atoms with Gasteiger partial charge in [0.05, 0.1) is 16.5 Å². The van der Waals surface area contributed by atoms with Crippen LogP contribution in [0.15, 0.2) is 18.2 Å². The fourth-order valence-electron chi connectivity index (χ4n) is 5.15. The van der Waals surface area contributed by atoms with Crippen molar-refractivity contribution in [2.45, 2.75) is 97.2 Å². The van der Waals surface area contributed by atoms with Crippen LogP contribution in [-0.2, 0) is 28.4 Å². The second-order valence-electron chi connectivity index (χ2n) is 10.3. The van der Waals surface area contributed by atoms with Gasteiger partial charge in [0.25, 0.3) is 0 Å². The van der Waals surface area contributed by atoms with E-state index in [1.165, 1.54) is 0 Å². The molecule has 0 aliphatic heterocycles. The van der Waals surface area contributed by atoms with Crippen molar-refractivity contribution < 1.29 is 35.9 Å². The normalized spacial score (nSPS) is 21.7. The predicted octanol–water partition coefficient (Wildman–Crippen LogP) is 6.72. The van der Waals surface area contributed by atoms with Gasteiger partial charge in [-0.15, -0.1) is 0 Å². The molecule has 0 spiro atoms. The van der Waals surface area contributed by atoms with Crippen LogP contribution >= 0.6 is 0 Å². The maximum absolute atomic E-state index is 13.3. The molecule has 2 N–H and O–H groups in total. The molecule has 36 heavy (non-hydrogen) atoms. The van der Waals surface area contributed by atoms with Crippen LogP contribution in [0.4, 0.5) is 26.3 Å². The fraction of sp³-hybridized carbons (Fsp3) is 0.731. The Kier molecular flexibility index (Phi) is 10.7. The first-order valence-electron chi connectivity index (χ1n) is 12.6. The Balaban J connectivity index is 2.10. The van der Waals surface area contributed by atoms with Gasteiger partial charge in [-0.05, 0) is 82.1 Å². The lowest BCUT2D eigenvalue weighted by Crippen LogP contribution is -2.42. The van der Waals surface area contributed by atoms with Crippen molar-refractivity contribution in [1.29, 1.82) is 0 Å². The number of amides is 1. The van der Waals surface area contributed by atoms with E-state index in [9.17, 15) is 31.1 Å². The number of alkyl halides is 6. The molecule has 4 nitrogen and oxygen atoms in total. The quantitative estimate of drug-likeness (QED) is 0.236. The average molecular weight is 525 g/mol. The van der Waals surface area contributed by atoms with Crippen molar-refractivity contribution in [3.8, 4) is 0 Å². The van der Waals surface area contributed by atoms with E-state index in [0.29, 0.717) is 44.6 Å². The van der Waals surface area contributed by atoms with Crippen molar-refractivity contribution >= 4 is 5.91 Å². The Hall–Kier alpha value is -1.81. The van der Waals surface area contributed by atoms with Crippen LogP contribution in [-0.4, -0.2) is 31.2 Å². The topological polar surface area (TPSA) is 50.4 Å². The number of rotatable bonds is 12. The molecule has 0 bridgehead atoms. The van der Waals surface area contributed by atoms with Gasteiger partial charge in [-0.3, -0.25) is 4.79 Å². The number of hydrogen-bond donors (Lipinski definition) is 2. The van der Waals surface area contributed by atoms with Crippen LogP contribution in [0.3, 0.4) is 0 Å². The van der Waals surface area contributed by atoms with Gasteiger partial charge < -0.3 is 15.4 Å². The summed E-state index contributed by atoms with van der Waals surface area (Å²) in [5.41, 5.74) is -3.73. The van der Waals surface area contributed by atoms with Gasteiger partial charge in [0.15, 0.2) is 0 Å². The van der Waals surface area contributed by atoms with Crippen LogP contribution in [0.25, 0.3) is 0 Å². The third-order valence-electron chi connectivity index (χ3n) is 6.64. The van der Waals surface area contributed by atoms with E-state index in [2.05, 4.69) is 17.6 Å². The second kappa shape index (κ2) is 12.6. The molecule has 1 amide bonds. The highest BCUT2D eigenvalue weighted by Gasteiger charge is 2.45. The smallest absolute Gasteiger partial charge is 0.382 e. The molecule has 0 radical (unpaired) electrons. The minimum Gasteiger partial charge on any atom is -0.382 e. The molecule has 3 atom stereocenters. The van der Waals surface area contributed by atoms with Crippen molar-refractivity contribution in [2.24, 2.45) is 11.3 Å². The van der Waals surface area contributed by atoms with Gasteiger partial charge >= 0.3 is 12.4 Å². The zero-order chi connectivity index (χ0) is 27.1. The maximum Gasteiger partial charge on any atom is 0.416 e. The summed E-state index contributed by atoms with van der Waals surface area (Å²) in [6.07, 6.45) is -5.46. The highest BCUT2D eigenvalue weighted by molar-refractivity contribution is 5.83. The summed E-state index contributed by atoms with van der Waals surface area (Å²) in [6.45, 7) is 8.98. The minimum absolute atomic E-state index is 0.0916. The lowest BCUT2D eigenvalue weighted by atomic mass is 9.77. The van der Waals surface area contributed by atoms with Gasteiger partial charge in [-0.1, -0.05) is 13.8 Å². The molecular weight excluding hydrogens is 486 g/mol. The molecule has 206 valence electrons. The Morgan fingerprint density at radius 2 is 1.69 bits per heavy atom. The number of nitrogens with one attached hydrogen (secondary N) is 2. The number of halogens is 6. The van der Waals surface area contributed by atoms with Gasteiger partial charge in [0, 0.05) is 31.8 Å². The van der Waals surface area contributed by atoms with Gasteiger partial charge in [-0.25, -0.2) is 0 Å². The minimum atomic E-state index is -4.93. The van der Waals surface area contributed by atoms with Crippen LogP contribution < -0.4 is 10.6 Å². The van der Waals surface area contributed by atoms with Gasteiger partial charge in [0.2, 0.25) is 5.91 Å². The third-order valence-corrected chi connectivity index (χ3v) is 6.64. The molecule has 3 unspecified atom stereocenters.